The predicted octanol–water partition coefficient (Wildman–Crippen LogP) is 3.63. The fraction of sp³-hybridized carbons (Fsp3) is 0.579. The molecule has 25 heavy (non-hydrogen) atoms. The monoisotopic (exact) mass is 359 g/mol. The molecule has 2 aromatic rings. The number of hydrogen-bond acceptors (Lipinski definition) is 5. The van der Waals surface area contributed by atoms with Gasteiger partial charge in [-0.2, -0.15) is 0 Å². The summed E-state index contributed by atoms with van der Waals surface area (Å²) >= 11 is 1.65. The lowest BCUT2D eigenvalue weighted by Gasteiger charge is -2.31. The highest BCUT2D eigenvalue weighted by Crippen LogP contribution is 2.26. The van der Waals surface area contributed by atoms with Crippen LogP contribution in [0.2, 0.25) is 0 Å². The molecule has 0 bridgehead atoms. The zero-order valence-electron chi connectivity index (χ0n) is 14.5. The molecule has 0 aromatic carbocycles. The summed E-state index contributed by atoms with van der Waals surface area (Å²) in [5.74, 6) is 1.63. The number of carbonyl (C=O) groups excluding carboxylic acids is 1. The number of hydrogen-bond donors (Lipinski definition) is 0. The number of thiophene rings is 1. The van der Waals surface area contributed by atoms with Crippen LogP contribution in [0.5, 0.6) is 0 Å². The zero-order valence-corrected chi connectivity index (χ0v) is 15.3. The van der Waals surface area contributed by atoms with Crippen LogP contribution in [-0.4, -0.2) is 46.9 Å². The summed E-state index contributed by atoms with van der Waals surface area (Å²) in [5.41, 5.74) is 0.995. The molecule has 2 fully saturated rings. The van der Waals surface area contributed by atoms with Gasteiger partial charge in [-0.25, -0.2) is 4.98 Å². The van der Waals surface area contributed by atoms with Crippen molar-refractivity contribution in [2.45, 2.75) is 38.6 Å². The highest BCUT2D eigenvalue weighted by Gasteiger charge is 2.25. The Hall–Kier alpha value is -1.66. The Morgan fingerprint density at radius 1 is 1.24 bits per heavy atom. The first-order valence-corrected chi connectivity index (χ1v) is 10.1. The lowest BCUT2D eigenvalue weighted by atomic mass is 9.93. The SMILES string of the molecule is O=C(CC1CCN(Cc2coc(-c3cccs3)n2)CC1)N1CCCC1. The maximum atomic E-state index is 12.3. The van der Waals surface area contributed by atoms with E-state index in [1.54, 1.807) is 17.6 Å². The Morgan fingerprint density at radius 3 is 2.76 bits per heavy atom. The lowest BCUT2D eigenvalue weighted by Crippen LogP contribution is -2.36. The Bertz CT molecular complexity index is 683. The highest BCUT2D eigenvalue weighted by molar-refractivity contribution is 7.13. The second kappa shape index (κ2) is 7.70. The van der Waals surface area contributed by atoms with E-state index in [1.807, 2.05) is 22.4 Å². The molecule has 0 saturated carbocycles. The van der Waals surface area contributed by atoms with E-state index in [2.05, 4.69) is 9.88 Å². The fourth-order valence-electron chi connectivity index (χ4n) is 3.81. The van der Waals surface area contributed by atoms with Gasteiger partial charge in [0, 0.05) is 26.1 Å². The van der Waals surface area contributed by atoms with E-state index < -0.39 is 0 Å². The van der Waals surface area contributed by atoms with Crippen molar-refractivity contribution in [3.05, 3.63) is 29.5 Å². The Balaban J connectivity index is 1.24. The first-order chi connectivity index (χ1) is 12.3. The molecule has 0 unspecified atom stereocenters. The molecule has 1 amide bonds. The Labute approximate surface area is 152 Å². The predicted molar refractivity (Wildman–Crippen MR) is 98.2 cm³/mol. The molecule has 5 nitrogen and oxygen atoms in total. The van der Waals surface area contributed by atoms with Gasteiger partial charge in [0.2, 0.25) is 11.8 Å². The number of nitrogens with zero attached hydrogens (tertiary/aromatic N) is 3. The number of likely N-dealkylation sites (tertiary alicyclic amines) is 2. The van der Waals surface area contributed by atoms with E-state index in [-0.39, 0.29) is 0 Å². The molecule has 4 rings (SSSR count). The molecule has 4 heterocycles. The van der Waals surface area contributed by atoms with Gasteiger partial charge in [-0.15, -0.1) is 11.3 Å². The first kappa shape index (κ1) is 16.8. The van der Waals surface area contributed by atoms with Crippen LogP contribution in [0.3, 0.4) is 0 Å². The van der Waals surface area contributed by atoms with E-state index in [0.717, 1.165) is 68.4 Å². The third-order valence-electron chi connectivity index (χ3n) is 5.30. The summed E-state index contributed by atoms with van der Waals surface area (Å²) in [6, 6.07) is 4.04. The standard InChI is InChI=1S/C19H25N3O2S/c23-18(22-7-1-2-8-22)12-15-5-9-21(10-6-15)13-16-14-24-19(20-16)17-4-3-11-25-17/h3-4,11,14-15H,1-2,5-10,12-13H2. The van der Waals surface area contributed by atoms with E-state index in [4.69, 9.17) is 4.42 Å². The van der Waals surface area contributed by atoms with Crippen molar-refractivity contribution in [1.82, 2.24) is 14.8 Å². The number of piperidine rings is 1. The summed E-state index contributed by atoms with van der Waals surface area (Å²) in [7, 11) is 0. The summed E-state index contributed by atoms with van der Waals surface area (Å²) < 4.78 is 5.60. The molecule has 0 aliphatic carbocycles. The summed E-state index contributed by atoms with van der Waals surface area (Å²) in [4.78, 5) is 22.4. The second-order valence-corrected chi connectivity index (χ2v) is 8.08. The highest BCUT2D eigenvalue weighted by atomic mass is 32.1. The maximum Gasteiger partial charge on any atom is 0.236 e. The van der Waals surface area contributed by atoms with Gasteiger partial charge in [0.05, 0.1) is 10.6 Å². The van der Waals surface area contributed by atoms with Gasteiger partial charge in [-0.05, 0) is 56.1 Å². The molecule has 134 valence electrons. The second-order valence-electron chi connectivity index (χ2n) is 7.13. The average Bonchev–Trinajstić information content (AvgIpc) is 3.38. The molecule has 0 radical (unpaired) electrons. The van der Waals surface area contributed by atoms with E-state index >= 15 is 0 Å². The third-order valence-corrected chi connectivity index (χ3v) is 6.16. The molecule has 6 heteroatoms. The van der Waals surface area contributed by atoms with Crippen LogP contribution in [0.25, 0.3) is 10.8 Å². The number of carbonyl (C=O) groups is 1. The number of oxazole rings is 1. The first-order valence-electron chi connectivity index (χ1n) is 9.26. The van der Waals surface area contributed by atoms with E-state index in [0.29, 0.717) is 11.8 Å². The molecule has 0 N–H and O–H groups in total. The molecule has 2 aromatic heterocycles. The Kier molecular flexibility index (Phi) is 5.17. The van der Waals surface area contributed by atoms with E-state index in [1.165, 1.54) is 12.8 Å². The minimum Gasteiger partial charge on any atom is -0.444 e. The smallest absolute Gasteiger partial charge is 0.236 e. The molecule has 2 aliphatic rings. The van der Waals surface area contributed by atoms with Crippen LogP contribution in [0.15, 0.2) is 28.2 Å². The van der Waals surface area contributed by atoms with Gasteiger partial charge in [0.25, 0.3) is 0 Å². The van der Waals surface area contributed by atoms with Crippen molar-refractivity contribution in [1.29, 1.82) is 0 Å². The van der Waals surface area contributed by atoms with Gasteiger partial charge in [-0.1, -0.05) is 6.07 Å². The summed E-state index contributed by atoms with van der Waals surface area (Å²) in [6.45, 7) is 4.85. The molecule has 2 saturated heterocycles. The largest absolute Gasteiger partial charge is 0.444 e. The summed E-state index contributed by atoms with van der Waals surface area (Å²) in [6.07, 6.45) is 7.08. The van der Waals surface area contributed by atoms with Gasteiger partial charge in [0.15, 0.2) is 0 Å². The van der Waals surface area contributed by atoms with Crippen LogP contribution in [-0.2, 0) is 11.3 Å². The summed E-state index contributed by atoms with van der Waals surface area (Å²) in [5, 5.41) is 2.04. The zero-order chi connectivity index (χ0) is 17.1. The van der Waals surface area contributed by atoms with Gasteiger partial charge in [0.1, 0.15) is 6.26 Å². The molecule has 2 aliphatic heterocycles. The average molecular weight is 359 g/mol. The lowest BCUT2D eigenvalue weighted by molar-refractivity contribution is -0.131. The van der Waals surface area contributed by atoms with Crippen molar-refractivity contribution >= 4 is 17.2 Å². The van der Waals surface area contributed by atoms with Crippen molar-refractivity contribution in [3.8, 4) is 10.8 Å². The minimum absolute atomic E-state index is 0.369. The van der Waals surface area contributed by atoms with Crippen molar-refractivity contribution < 1.29 is 9.21 Å². The molecule has 0 spiro atoms. The number of rotatable bonds is 5. The number of aromatic nitrogens is 1. The van der Waals surface area contributed by atoms with Crippen LogP contribution in [0.1, 0.15) is 37.8 Å². The maximum absolute atomic E-state index is 12.3. The van der Waals surface area contributed by atoms with Crippen molar-refractivity contribution in [2.75, 3.05) is 26.2 Å². The van der Waals surface area contributed by atoms with Crippen LogP contribution in [0, 0.1) is 5.92 Å². The van der Waals surface area contributed by atoms with Gasteiger partial charge >= 0.3 is 0 Å². The van der Waals surface area contributed by atoms with Crippen molar-refractivity contribution in [2.24, 2.45) is 5.92 Å². The molecular formula is C19H25N3O2S. The van der Waals surface area contributed by atoms with Crippen LogP contribution in [0.4, 0.5) is 0 Å². The minimum atomic E-state index is 0.369. The van der Waals surface area contributed by atoms with Crippen LogP contribution < -0.4 is 0 Å². The third kappa shape index (κ3) is 4.12. The fourth-order valence-corrected chi connectivity index (χ4v) is 4.47. The normalized spacial score (nSPS) is 19.6. The topological polar surface area (TPSA) is 49.6 Å². The van der Waals surface area contributed by atoms with Crippen molar-refractivity contribution in [3.63, 3.8) is 0 Å². The van der Waals surface area contributed by atoms with Crippen LogP contribution >= 0.6 is 11.3 Å². The van der Waals surface area contributed by atoms with Gasteiger partial charge < -0.3 is 9.32 Å². The molecule has 0 atom stereocenters. The quantitative estimate of drug-likeness (QED) is 0.818. The van der Waals surface area contributed by atoms with E-state index in [9.17, 15) is 4.79 Å². The molecular weight excluding hydrogens is 334 g/mol. The van der Waals surface area contributed by atoms with Gasteiger partial charge in [-0.3, -0.25) is 9.69 Å². The Morgan fingerprint density at radius 2 is 2.04 bits per heavy atom. The number of amides is 1.